The molecule has 0 amide bonds. The smallest absolute Gasteiger partial charge is 0.127 e. The number of rotatable bonds is 8. The lowest BCUT2D eigenvalue weighted by Gasteiger charge is -2.09. The summed E-state index contributed by atoms with van der Waals surface area (Å²) in [6.45, 7) is 0.532. The van der Waals surface area contributed by atoms with Crippen molar-refractivity contribution in [2.24, 2.45) is 0 Å². The van der Waals surface area contributed by atoms with Crippen molar-refractivity contribution < 1.29 is 9.47 Å². The van der Waals surface area contributed by atoms with Crippen LogP contribution in [0.3, 0.4) is 0 Å². The molecule has 2 N–H and O–H groups in total. The summed E-state index contributed by atoms with van der Waals surface area (Å²) >= 11 is 0. The molecular weight excluding hydrogens is 324 g/mol. The molecule has 4 heteroatoms. The second kappa shape index (κ2) is 8.62. The summed E-state index contributed by atoms with van der Waals surface area (Å²) < 4.78 is 11.6. The van der Waals surface area contributed by atoms with Gasteiger partial charge in [-0.25, -0.2) is 0 Å². The van der Waals surface area contributed by atoms with Crippen molar-refractivity contribution in [1.82, 2.24) is 0 Å². The Morgan fingerprint density at radius 3 is 1.96 bits per heavy atom. The zero-order chi connectivity index (χ0) is 18.2. The van der Waals surface area contributed by atoms with Crippen LogP contribution in [0.4, 0.5) is 0 Å². The first kappa shape index (κ1) is 17.4. The first-order chi connectivity index (χ1) is 12.7. The minimum atomic E-state index is 0.338. The van der Waals surface area contributed by atoms with E-state index in [1.165, 1.54) is 6.21 Å². The first-order valence-corrected chi connectivity index (χ1v) is 8.36. The Kier molecular flexibility index (Phi) is 5.78. The van der Waals surface area contributed by atoms with Crippen LogP contribution in [0.2, 0.25) is 0 Å². The number of hydrogen-bond donors (Lipinski definition) is 2. The minimum absolute atomic E-state index is 0.338. The molecule has 0 spiro atoms. The lowest BCUT2D eigenvalue weighted by atomic mass is 10.1. The van der Waals surface area contributed by atoms with Gasteiger partial charge in [-0.15, -0.1) is 0 Å². The van der Waals surface area contributed by atoms with E-state index in [1.54, 1.807) is 0 Å². The van der Waals surface area contributed by atoms with Crippen LogP contribution in [-0.4, -0.2) is 11.9 Å². The summed E-state index contributed by atoms with van der Waals surface area (Å²) in [7, 11) is 0. The zero-order valence-electron chi connectivity index (χ0n) is 14.3. The number of ether oxygens (including phenoxy) is 2. The molecule has 3 aromatic rings. The van der Waals surface area contributed by atoms with E-state index in [4.69, 9.17) is 20.3 Å². The topological polar surface area (TPSA) is 66.2 Å². The van der Waals surface area contributed by atoms with Gasteiger partial charge in [0.05, 0.1) is 0 Å². The molecule has 0 aliphatic carbocycles. The van der Waals surface area contributed by atoms with E-state index in [2.05, 4.69) is 0 Å². The van der Waals surface area contributed by atoms with Crippen LogP contribution < -0.4 is 9.47 Å². The van der Waals surface area contributed by atoms with Gasteiger partial charge in [0.25, 0.3) is 0 Å². The van der Waals surface area contributed by atoms with Gasteiger partial charge in [-0.05, 0) is 59.7 Å². The predicted octanol–water partition coefficient (Wildman–Crippen LogP) is 5.47. The highest BCUT2D eigenvalue weighted by molar-refractivity contribution is 6.04. The van der Waals surface area contributed by atoms with E-state index in [9.17, 15) is 0 Å². The number of benzene rings is 3. The van der Waals surface area contributed by atoms with E-state index >= 15 is 0 Å². The average molecular weight is 344 g/mol. The standard InChI is InChI=1S/C22H20N2O2/c23-15-14-22(24)18-6-8-20(9-7-18)26-21-12-10-19(11-13-21)25-16-17-4-2-1-3-5-17/h1-13,15,23-24H,14,16H2. The third kappa shape index (κ3) is 4.80. The van der Waals surface area contributed by atoms with Gasteiger partial charge in [0.15, 0.2) is 0 Å². The van der Waals surface area contributed by atoms with Crippen LogP contribution in [0.15, 0.2) is 78.9 Å². The third-order valence-corrected chi connectivity index (χ3v) is 3.82. The van der Waals surface area contributed by atoms with Crippen LogP contribution in [-0.2, 0) is 6.61 Å². The SMILES string of the molecule is N=CCC(=N)c1ccc(Oc2ccc(OCc3ccccc3)cc2)cc1. The van der Waals surface area contributed by atoms with Gasteiger partial charge >= 0.3 is 0 Å². The molecule has 0 fully saturated rings. The highest BCUT2D eigenvalue weighted by atomic mass is 16.5. The Hall–Kier alpha value is -3.40. The molecule has 0 heterocycles. The first-order valence-electron chi connectivity index (χ1n) is 8.36. The van der Waals surface area contributed by atoms with Crippen molar-refractivity contribution in [3.8, 4) is 17.2 Å². The average Bonchev–Trinajstić information content (AvgIpc) is 2.69. The molecule has 0 unspecified atom stereocenters. The summed E-state index contributed by atoms with van der Waals surface area (Å²) in [4.78, 5) is 0. The van der Waals surface area contributed by atoms with Gasteiger partial charge in [-0.1, -0.05) is 30.3 Å². The highest BCUT2D eigenvalue weighted by Gasteiger charge is 2.02. The quantitative estimate of drug-likeness (QED) is 0.532. The molecule has 0 saturated heterocycles. The Morgan fingerprint density at radius 1 is 0.769 bits per heavy atom. The minimum Gasteiger partial charge on any atom is -0.489 e. The Balaban J connectivity index is 1.57. The normalized spacial score (nSPS) is 10.2. The molecule has 0 bridgehead atoms. The summed E-state index contributed by atoms with van der Waals surface area (Å²) in [5.74, 6) is 2.21. The third-order valence-electron chi connectivity index (χ3n) is 3.82. The Bertz CT molecular complexity index is 857. The second-order valence-corrected chi connectivity index (χ2v) is 5.76. The Morgan fingerprint density at radius 2 is 1.35 bits per heavy atom. The Labute approximate surface area is 153 Å². The van der Waals surface area contributed by atoms with Crippen molar-refractivity contribution in [2.75, 3.05) is 0 Å². The summed E-state index contributed by atoms with van der Waals surface area (Å²) in [6, 6.07) is 24.8. The molecule has 130 valence electrons. The zero-order valence-corrected chi connectivity index (χ0v) is 14.3. The van der Waals surface area contributed by atoms with E-state index in [0.717, 1.165) is 22.6 Å². The van der Waals surface area contributed by atoms with Crippen LogP contribution in [0, 0.1) is 10.8 Å². The van der Waals surface area contributed by atoms with Gasteiger partial charge in [-0.3, -0.25) is 0 Å². The van der Waals surface area contributed by atoms with E-state index in [1.807, 2.05) is 78.9 Å². The van der Waals surface area contributed by atoms with Gasteiger partial charge in [0.1, 0.15) is 23.9 Å². The molecule has 26 heavy (non-hydrogen) atoms. The molecular formula is C22H20N2O2. The maximum Gasteiger partial charge on any atom is 0.127 e. The van der Waals surface area contributed by atoms with E-state index in [0.29, 0.717) is 24.5 Å². The fourth-order valence-corrected chi connectivity index (χ4v) is 2.42. The molecule has 0 aliphatic heterocycles. The molecule has 3 rings (SSSR count). The van der Waals surface area contributed by atoms with Gasteiger partial charge in [0, 0.05) is 18.3 Å². The fourth-order valence-electron chi connectivity index (χ4n) is 2.42. The van der Waals surface area contributed by atoms with E-state index in [-0.39, 0.29) is 0 Å². The monoisotopic (exact) mass is 344 g/mol. The van der Waals surface area contributed by atoms with Crippen LogP contribution in [0.25, 0.3) is 0 Å². The fraction of sp³-hybridized carbons (Fsp3) is 0.0909. The molecule has 0 aliphatic rings. The number of hydrogen-bond acceptors (Lipinski definition) is 4. The van der Waals surface area contributed by atoms with Gasteiger partial charge in [-0.2, -0.15) is 0 Å². The summed E-state index contributed by atoms with van der Waals surface area (Å²) in [5.41, 5.74) is 2.35. The van der Waals surface area contributed by atoms with Crippen molar-refractivity contribution in [3.05, 3.63) is 90.0 Å². The molecule has 0 radical (unpaired) electrons. The van der Waals surface area contributed by atoms with Crippen LogP contribution in [0.1, 0.15) is 17.5 Å². The van der Waals surface area contributed by atoms with Crippen LogP contribution >= 0.6 is 0 Å². The largest absolute Gasteiger partial charge is 0.489 e. The molecule has 4 nitrogen and oxygen atoms in total. The molecule has 3 aromatic carbocycles. The summed E-state index contributed by atoms with van der Waals surface area (Å²) in [5, 5.41) is 14.9. The molecule has 0 saturated carbocycles. The lowest BCUT2D eigenvalue weighted by Crippen LogP contribution is -1.98. The lowest BCUT2D eigenvalue weighted by molar-refractivity contribution is 0.306. The van der Waals surface area contributed by atoms with Crippen molar-refractivity contribution in [3.63, 3.8) is 0 Å². The molecule has 0 aromatic heterocycles. The summed E-state index contributed by atoms with van der Waals surface area (Å²) in [6.07, 6.45) is 1.57. The van der Waals surface area contributed by atoms with Crippen molar-refractivity contribution >= 4 is 11.9 Å². The predicted molar refractivity (Wildman–Crippen MR) is 104 cm³/mol. The molecule has 0 atom stereocenters. The maximum atomic E-state index is 7.84. The van der Waals surface area contributed by atoms with E-state index < -0.39 is 0 Å². The van der Waals surface area contributed by atoms with Gasteiger partial charge < -0.3 is 20.3 Å². The second-order valence-electron chi connectivity index (χ2n) is 5.76. The van der Waals surface area contributed by atoms with Crippen molar-refractivity contribution in [1.29, 1.82) is 10.8 Å². The number of nitrogens with one attached hydrogen (secondary N) is 2. The highest BCUT2D eigenvalue weighted by Crippen LogP contribution is 2.24. The van der Waals surface area contributed by atoms with Gasteiger partial charge in [0.2, 0.25) is 0 Å². The maximum absolute atomic E-state index is 7.84. The van der Waals surface area contributed by atoms with Crippen LogP contribution in [0.5, 0.6) is 17.2 Å². The van der Waals surface area contributed by atoms with Crippen molar-refractivity contribution in [2.45, 2.75) is 13.0 Å².